The molecule has 0 unspecified atom stereocenters. The first-order chi connectivity index (χ1) is 12.3. The number of allylic oxidation sites excluding steroid dienone is 1. The van der Waals surface area contributed by atoms with E-state index in [2.05, 4.69) is 31.8 Å². The number of thioether (sulfide) groups is 1. The summed E-state index contributed by atoms with van der Waals surface area (Å²) in [6.07, 6.45) is 5.77. The summed E-state index contributed by atoms with van der Waals surface area (Å²) in [5.41, 5.74) is 2.76. The average Bonchev–Trinajstić information content (AvgIpc) is 2.98. The molecule has 0 fully saturated rings. The number of aryl methyl sites for hydroxylation is 1. The standard InChI is InChI=1S/C20H25N3O2S/c1-6-25-15-7-8-17-16(11-15)14(2)12-20(3,4)23(17)18(24)13-26-19-21-9-10-22(19)5/h7-12H,6,13H2,1-5H3. The van der Waals surface area contributed by atoms with Crippen LogP contribution < -0.4 is 9.64 Å². The van der Waals surface area contributed by atoms with E-state index in [9.17, 15) is 4.79 Å². The normalized spacial score (nSPS) is 15.4. The maximum absolute atomic E-state index is 13.1. The fourth-order valence-electron chi connectivity index (χ4n) is 3.40. The van der Waals surface area contributed by atoms with Crippen molar-refractivity contribution in [3.8, 4) is 5.75 Å². The number of carbonyl (C=O) groups is 1. The van der Waals surface area contributed by atoms with Gasteiger partial charge in [-0.3, -0.25) is 4.79 Å². The molecule has 0 aliphatic carbocycles. The van der Waals surface area contributed by atoms with Crippen molar-refractivity contribution in [2.45, 2.75) is 38.4 Å². The van der Waals surface area contributed by atoms with Crippen molar-refractivity contribution >= 4 is 28.9 Å². The highest BCUT2D eigenvalue weighted by Crippen LogP contribution is 2.41. The summed E-state index contributed by atoms with van der Waals surface area (Å²) in [5, 5.41) is 0.840. The third-order valence-electron chi connectivity index (χ3n) is 4.44. The number of nitrogens with zero attached hydrogens (tertiary/aromatic N) is 3. The maximum atomic E-state index is 13.1. The Labute approximate surface area is 159 Å². The summed E-state index contributed by atoms with van der Waals surface area (Å²) in [7, 11) is 1.93. The quantitative estimate of drug-likeness (QED) is 0.741. The van der Waals surface area contributed by atoms with E-state index in [-0.39, 0.29) is 11.4 Å². The molecule has 1 aliphatic rings. The molecule has 2 heterocycles. The van der Waals surface area contributed by atoms with E-state index < -0.39 is 0 Å². The fraction of sp³-hybridized carbons (Fsp3) is 0.400. The van der Waals surface area contributed by atoms with Gasteiger partial charge in [-0.15, -0.1) is 0 Å². The molecular formula is C20H25N3O2S. The fourth-order valence-corrected chi connectivity index (χ4v) is 4.18. The van der Waals surface area contributed by atoms with Gasteiger partial charge in [-0.25, -0.2) is 4.98 Å². The van der Waals surface area contributed by atoms with Crippen molar-refractivity contribution < 1.29 is 9.53 Å². The highest BCUT2D eigenvalue weighted by molar-refractivity contribution is 7.99. The molecule has 6 heteroatoms. The molecule has 26 heavy (non-hydrogen) atoms. The summed E-state index contributed by atoms with van der Waals surface area (Å²) in [6, 6.07) is 5.94. The molecule has 1 amide bonds. The van der Waals surface area contributed by atoms with Crippen LogP contribution in [0.3, 0.4) is 0 Å². The smallest absolute Gasteiger partial charge is 0.238 e. The Kier molecular flexibility index (Phi) is 5.14. The molecule has 0 saturated carbocycles. The van der Waals surface area contributed by atoms with Crippen LogP contribution in [0, 0.1) is 0 Å². The Morgan fingerprint density at radius 2 is 2.12 bits per heavy atom. The molecule has 0 N–H and O–H groups in total. The Morgan fingerprint density at radius 1 is 1.35 bits per heavy atom. The number of carbonyl (C=O) groups excluding carboxylic acids is 1. The van der Waals surface area contributed by atoms with Gasteiger partial charge in [0.05, 0.1) is 23.6 Å². The van der Waals surface area contributed by atoms with Gasteiger partial charge in [-0.2, -0.15) is 0 Å². The van der Waals surface area contributed by atoms with Gasteiger partial charge in [0.15, 0.2) is 5.16 Å². The molecule has 0 radical (unpaired) electrons. The maximum Gasteiger partial charge on any atom is 0.238 e. The second kappa shape index (κ2) is 7.19. The van der Waals surface area contributed by atoms with Gasteiger partial charge in [0, 0.05) is 25.0 Å². The van der Waals surface area contributed by atoms with Gasteiger partial charge < -0.3 is 14.2 Å². The number of aromatic nitrogens is 2. The Hall–Kier alpha value is -2.21. The zero-order valence-corrected chi connectivity index (χ0v) is 16.8. The van der Waals surface area contributed by atoms with Gasteiger partial charge in [0.25, 0.3) is 0 Å². The highest BCUT2D eigenvalue weighted by atomic mass is 32.2. The van der Waals surface area contributed by atoms with E-state index in [1.54, 1.807) is 6.20 Å². The van der Waals surface area contributed by atoms with Gasteiger partial charge in [-0.05, 0) is 51.5 Å². The van der Waals surface area contributed by atoms with Crippen LogP contribution >= 0.6 is 11.8 Å². The lowest BCUT2D eigenvalue weighted by molar-refractivity contribution is -0.116. The van der Waals surface area contributed by atoms with Crippen molar-refractivity contribution in [1.82, 2.24) is 9.55 Å². The zero-order valence-electron chi connectivity index (χ0n) is 15.9. The van der Waals surface area contributed by atoms with E-state index in [0.717, 1.165) is 27.7 Å². The first-order valence-corrected chi connectivity index (χ1v) is 9.72. The number of amides is 1. The minimum absolute atomic E-state index is 0.0668. The summed E-state index contributed by atoms with van der Waals surface area (Å²) >= 11 is 1.46. The minimum Gasteiger partial charge on any atom is -0.494 e. The van der Waals surface area contributed by atoms with E-state index in [1.165, 1.54) is 11.8 Å². The molecule has 0 bridgehead atoms. The number of benzene rings is 1. The summed E-state index contributed by atoms with van der Waals surface area (Å²) in [6.45, 7) is 8.81. The number of imidazole rings is 1. The molecule has 2 aromatic rings. The molecule has 5 nitrogen and oxygen atoms in total. The first kappa shape index (κ1) is 18.6. The lowest BCUT2D eigenvalue weighted by atomic mass is 9.88. The molecular weight excluding hydrogens is 346 g/mol. The topological polar surface area (TPSA) is 47.4 Å². The van der Waals surface area contributed by atoms with Crippen molar-refractivity contribution in [1.29, 1.82) is 0 Å². The van der Waals surface area contributed by atoms with Crippen LogP contribution in [0.4, 0.5) is 5.69 Å². The largest absolute Gasteiger partial charge is 0.494 e. The number of anilines is 1. The molecule has 3 rings (SSSR count). The van der Waals surface area contributed by atoms with Gasteiger partial charge in [0.1, 0.15) is 5.75 Å². The predicted octanol–water partition coefficient (Wildman–Crippen LogP) is 4.14. The summed E-state index contributed by atoms with van der Waals surface area (Å²) < 4.78 is 7.55. The Morgan fingerprint density at radius 3 is 2.77 bits per heavy atom. The molecule has 1 aliphatic heterocycles. The van der Waals surface area contributed by atoms with Crippen LogP contribution in [-0.4, -0.2) is 33.4 Å². The van der Waals surface area contributed by atoms with E-state index in [0.29, 0.717) is 12.4 Å². The van der Waals surface area contributed by atoms with Crippen LogP contribution in [0.15, 0.2) is 41.8 Å². The Bertz CT molecular complexity index is 854. The average molecular weight is 372 g/mol. The molecule has 0 saturated heterocycles. The monoisotopic (exact) mass is 371 g/mol. The van der Waals surface area contributed by atoms with Crippen molar-refractivity contribution in [2.24, 2.45) is 7.05 Å². The van der Waals surface area contributed by atoms with Crippen molar-refractivity contribution in [2.75, 3.05) is 17.3 Å². The summed E-state index contributed by atoms with van der Waals surface area (Å²) in [5.74, 6) is 1.24. The number of rotatable bonds is 5. The first-order valence-electron chi connectivity index (χ1n) is 8.73. The number of ether oxygens (including phenoxy) is 1. The van der Waals surface area contributed by atoms with E-state index in [4.69, 9.17) is 4.74 Å². The van der Waals surface area contributed by atoms with Gasteiger partial charge in [0.2, 0.25) is 5.91 Å². The minimum atomic E-state index is -0.385. The van der Waals surface area contributed by atoms with Gasteiger partial charge >= 0.3 is 0 Å². The lowest BCUT2D eigenvalue weighted by Gasteiger charge is -2.41. The van der Waals surface area contributed by atoms with Crippen LogP contribution in [-0.2, 0) is 11.8 Å². The molecule has 0 spiro atoms. The van der Waals surface area contributed by atoms with E-state index in [1.807, 2.05) is 47.8 Å². The second-order valence-electron chi connectivity index (χ2n) is 6.93. The van der Waals surface area contributed by atoms with Crippen molar-refractivity contribution in [3.05, 3.63) is 42.2 Å². The lowest BCUT2D eigenvalue weighted by Crippen LogP contribution is -2.49. The molecule has 1 aromatic heterocycles. The Balaban J connectivity index is 1.90. The van der Waals surface area contributed by atoms with Crippen LogP contribution in [0.1, 0.15) is 33.3 Å². The number of hydrogen-bond acceptors (Lipinski definition) is 4. The molecule has 1 aromatic carbocycles. The van der Waals surface area contributed by atoms with Crippen LogP contribution in [0.5, 0.6) is 5.75 Å². The van der Waals surface area contributed by atoms with E-state index >= 15 is 0 Å². The second-order valence-corrected chi connectivity index (χ2v) is 7.87. The van der Waals surface area contributed by atoms with Crippen LogP contribution in [0.2, 0.25) is 0 Å². The van der Waals surface area contributed by atoms with Crippen LogP contribution in [0.25, 0.3) is 5.57 Å². The molecule has 0 atom stereocenters. The van der Waals surface area contributed by atoms with Gasteiger partial charge in [-0.1, -0.05) is 17.8 Å². The predicted molar refractivity (Wildman–Crippen MR) is 107 cm³/mol. The van der Waals surface area contributed by atoms with Crippen molar-refractivity contribution in [3.63, 3.8) is 0 Å². The number of hydrogen-bond donors (Lipinski definition) is 0. The third kappa shape index (κ3) is 3.51. The zero-order chi connectivity index (χ0) is 18.9. The summed E-state index contributed by atoms with van der Waals surface area (Å²) in [4.78, 5) is 19.3. The SMILES string of the molecule is CCOc1ccc2c(c1)C(C)=CC(C)(C)N2C(=O)CSc1nccn1C. The highest BCUT2D eigenvalue weighted by Gasteiger charge is 2.35. The third-order valence-corrected chi connectivity index (χ3v) is 5.48. The molecule has 138 valence electrons. The number of fused-ring (bicyclic) bond motifs is 1.